The number of nitrogens with zero attached hydrogens (tertiary/aromatic N) is 3. The minimum absolute atomic E-state index is 0.204. The second-order valence-electron chi connectivity index (χ2n) is 7.69. The van der Waals surface area contributed by atoms with Gasteiger partial charge >= 0.3 is 0 Å². The van der Waals surface area contributed by atoms with E-state index in [2.05, 4.69) is 10.3 Å². The first-order chi connectivity index (χ1) is 16.1. The van der Waals surface area contributed by atoms with Crippen molar-refractivity contribution >= 4 is 23.2 Å². The van der Waals surface area contributed by atoms with Crippen molar-refractivity contribution in [1.29, 1.82) is 0 Å². The summed E-state index contributed by atoms with van der Waals surface area (Å²) in [5.74, 6) is -2.49. The molecule has 0 amide bonds. The number of hydrogen-bond acceptors (Lipinski definition) is 8. The summed E-state index contributed by atoms with van der Waals surface area (Å²) in [6.07, 6.45) is 1.60. The zero-order valence-electron chi connectivity index (χ0n) is 19.9. The molecular weight excluding hydrogens is 460 g/mol. The Morgan fingerprint density at radius 2 is 1.79 bits per heavy atom. The van der Waals surface area contributed by atoms with Crippen molar-refractivity contribution in [2.75, 3.05) is 20.7 Å². The van der Waals surface area contributed by atoms with E-state index in [1.807, 2.05) is 6.92 Å². The summed E-state index contributed by atoms with van der Waals surface area (Å²) < 4.78 is 5.20. The highest BCUT2D eigenvalue weighted by molar-refractivity contribution is 6.29. The Hall–Kier alpha value is -3.46. The van der Waals surface area contributed by atoms with Crippen LogP contribution in [0, 0.1) is 16.0 Å². The zero-order chi connectivity index (χ0) is 25.4. The number of Topliss-reactive ketones (excluding diaryl/α,β-unsaturated/α-hetero) is 2. The van der Waals surface area contributed by atoms with Crippen LogP contribution in [0.2, 0.25) is 5.15 Å². The van der Waals surface area contributed by atoms with Crippen LogP contribution >= 0.6 is 11.6 Å². The van der Waals surface area contributed by atoms with Crippen LogP contribution in [-0.2, 0) is 16.1 Å². The minimum Gasteiger partial charge on any atom is -0.497 e. The van der Waals surface area contributed by atoms with Gasteiger partial charge in [-0.2, -0.15) is 0 Å². The standard InChI is InChI=1S/C24H29ClN4O5/c1-6-28(14-17-7-12-20(25)27-13-17)24(26-4)23(29(32)33)22(21(15(2)30)16(3)31)18-8-10-19(34-5)11-9-18/h7-13,21-22,26H,6,14H2,1-5H3/b24-23-. The topological polar surface area (TPSA) is 115 Å². The van der Waals surface area contributed by atoms with E-state index in [4.69, 9.17) is 16.3 Å². The second kappa shape index (κ2) is 12.1. The van der Waals surface area contributed by atoms with E-state index < -0.39 is 28.3 Å². The number of halogens is 1. The monoisotopic (exact) mass is 488 g/mol. The number of aromatic nitrogens is 1. The molecule has 1 heterocycles. The van der Waals surface area contributed by atoms with Gasteiger partial charge in [-0.1, -0.05) is 29.8 Å². The first-order valence-corrected chi connectivity index (χ1v) is 11.1. The quantitative estimate of drug-likeness (QED) is 0.207. The molecule has 0 fully saturated rings. The number of hydrogen-bond donors (Lipinski definition) is 1. The van der Waals surface area contributed by atoms with Crippen molar-refractivity contribution in [3.63, 3.8) is 0 Å². The van der Waals surface area contributed by atoms with Crippen molar-refractivity contribution in [1.82, 2.24) is 15.2 Å². The molecule has 182 valence electrons. The molecule has 0 saturated heterocycles. The Bertz CT molecular complexity index is 1040. The average Bonchev–Trinajstić information content (AvgIpc) is 2.80. The predicted molar refractivity (Wildman–Crippen MR) is 129 cm³/mol. The summed E-state index contributed by atoms with van der Waals surface area (Å²) in [5.41, 5.74) is 0.976. The lowest BCUT2D eigenvalue weighted by Gasteiger charge is -2.29. The third kappa shape index (κ3) is 6.32. The van der Waals surface area contributed by atoms with Crippen molar-refractivity contribution in [2.45, 2.75) is 33.2 Å². The Labute approximate surface area is 203 Å². The number of carbonyl (C=O) groups is 2. The van der Waals surface area contributed by atoms with Gasteiger partial charge in [0.25, 0.3) is 5.70 Å². The number of methoxy groups -OCH3 is 1. The summed E-state index contributed by atoms with van der Waals surface area (Å²) in [6, 6.07) is 9.99. The molecule has 9 nitrogen and oxygen atoms in total. The van der Waals surface area contributed by atoms with Gasteiger partial charge in [-0.05, 0) is 50.1 Å². The molecular formula is C24H29ClN4O5. The molecule has 0 aliphatic carbocycles. The molecule has 0 bridgehead atoms. The number of ether oxygens (including phenoxy) is 1. The van der Waals surface area contributed by atoms with Crippen LogP contribution in [0.3, 0.4) is 0 Å². The van der Waals surface area contributed by atoms with Crippen molar-refractivity contribution in [3.8, 4) is 5.75 Å². The largest absolute Gasteiger partial charge is 0.497 e. The van der Waals surface area contributed by atoms with E-state index >= 15 is 0 Å². The smallest absolute Gasteiger partial charge is 0.294 e. The van der Waals surface area contributed by atoms with E-state index in [1.54, 1.807) is 54.5 Å². The molecule has 1 N–H and O–H groups in total. The summed E-state index contributed by atoms with van der Waals surface area (Å²) in [7, 11) is 3.08. The van der Waals surface area contributed by atoms with E-state index in [0.29, 0.717) is 29.6 Å². The SMILES string of the molecule is CCN(Cc1ccc(Cl)nc1)/C(NC)=C(/C(c1ccc(OC)cc1)C(C(C)=O)C(C)=O)[N+](=O)[O-]. The van der Waals surface area contributed by atoms with E-state index in [-0.39, 0.29) is 11.5 Å². The molecule has 0 spiro atoms. The number of ketones is 2. The summed E-state index contributed by atoms with van der Waals surface area (Å²) in [6.45, 7) is 5.12. The van der Waals surface area contributed by atoms with Crippen molar-refractivity contribution < 1.29 is 19.2 Å². The summed E-state index contributed by atoms with van der Waals surface area (Å²) in [5, 5.41) is 15.8. The van der Waals surface area contributed by atoms with Gasteiger partial charge in [0.05, 0.1) is 23.9 Å². The molecule has 0 saturated carbocycles. The molecule has 2 rings (SSSR count). The predicted octanol–water partition coefficient (Wildman–Crippen LogP) is 3.81. The first-order valence-electron chi connectivity index (χ1n) is 10.7. The van der Waals surface area contributed by atoms with Crippen LogP contribution in [0.15, 0.2) is 54.1 Å². The fraction of sp³-hybridized carbons (Fsp3) is 0.375. The average molecular weight is 489 g/mol. The number of pyridine rings is 1. The van der Waals surface area contributed by atoms with Gasteiger partial charge in [-0.3, -0.25) is 19.7 Å². The number of carbonyl (C=O) groups excluding carboxylic acids is 2. The number of allylic oxidation sites excluding steroid dienone is 1. The fourth-order valence-corrected chi connectivity index (χ4v) is 4.05. The molecule has 1 aromatic carbocycles. The molecule has 34 heavy (non-hydrogen) atoms. The van der Waals surface area contributed by atoms with Crippen LogP contribution in [0.4, 0.5) is 0 Å². The van der Waals surface area contributed by atoms with Crippen LogP contribution < -0.4 is 10.1 Å². The van der Waals surface area contributed by atoms with Crippen LogP contribution in [-0.4, -0.2) is 47.1 Å². The van der Waals surface area contributed by atoms with E-state index in [0.717, 1.165) is 5.56 Å². The third-order valence-electron chi connectivity index (χ3n) is 5.51. The molecule has 0 radical (unpaired) electrons. The van der Waals surface area contributed by atoms with E-state index in [9.17, 15) is 19.7 Å². The molecule has 0 aliphatic heterocycles. The maximum Gasteiger partial charge on any atom is 0.294 e. The van der Waals surface area contributed by atoms with E-state index in [1.165, 1.54) is 21.0 Å². The highest BCUT2D eigenvalue weighted by Crippen LogP contribution is 2.37. The van der Waals surface area contributed by atoms with Gasteiger partial charge in [-0.15, -0.1) is 0 Å². The second-order valence-corrected chi connectivity index (χ2v) is 8.08. The van der Waals surface area contributed by atoms with Gasteiger partial charge in [0.15, 0.2) is 5.82 Å². The first kappa shape index (κ1) is 26.8. The maximum absolute atomic E-state index is 12.6. The highest BCUT2D eigenvalue weighted by atomic mass is 35.5. The van der Waals surface area contributed by atoms with Gasteiger partial charge in [-0.25, -0.2) is 4.98 Å². The normalized spacial score (nSPS) is 12.6. The molecule has 10 heteroatoms. The molecule has 1 atom stereocenters. The van der Waals surface area contributed by atoms with Gasteiger partial charge in [0.1, 0.15) is 22.5 Å². The fourth-order valence-electron chi connectivity index (χ4n) is 3.94. The van der Waals surface area contributed by atoms with Gasteiger partial charge < -0.3 is 15.0 Å². The van der Waals surface area contributed by atoms with Crippen molar-refractivity contribution in [2.24, 2.45) is 5.92 Å². The van der Waals surface area contributed by atoms with Gasteiger partial charge in [0.2, 0.25) is 0 Å². The summed E-state index contributed by atoms with van der Waals surface area (Å²) in [4.78, 5) is 43.0. The maximum atomic E-state index is 12.6. The highest BCUT2D eigenvalue weighted by Gasteiger charge is 2.42. The number of rotatable bonds is 12. The van der Waals surface area contributed by atoms with Crippen LogP contribution in [0.1, 0.15) is 37.8 Å². The molecule has 1 unspecified atom stereocenters. The molecule has 0 aliphatic rings. The molecule has 2 aromatic rings. The summed E-state index contributed by atoms with van der Waals surface area (Å²) >= 11 is 5.88. The van der Waals surface area contributed by atoms with Crippen LogP contribution in [0.25, 0.3) is 0 Å². The Morgan fingerprint density at radius 1 is 1.18 bits per heavy atom. The Balaban J connectivity index is 2.74. The Kier molecular flexibility index (Phi) is 9.56. The molecule has 1 aromatic heterocycles. The number of benzene rings is 1. The number of nitrogens with one attached hydrogen (secondary N) is 1. The number of nitro groups is 1. The Morgan fingerprint density at radius 3 is 2.21 bits per heavy atom. The zero-order valence-corrected chi connectivity index (χ0v) is 20.6. The van der Waals surface area contributed by atoms with Gasteiger partial charge in [0, 0.05) is 26.3 Å². The minimum atomic E-state index is -1.23. The van der Waals surface area contributed by atoms with Crippen molar-refractivity contribution in [3.05, 3.63) is 80.5 Å². The van der Waals surface area contributed by atoms with Crippen LogP contribution in [0.5, 0.6) is 5.75 Å². The third-order valence-corrected chi connectivity index (χ3v) is 5.74. The lowest BCUT2D eigenvalue weighted by molar-refractivity contribution is -0.433. The lowest BCUT2D eigenvalue weighted by Crippen LogP contribution is -2.37. The lowest BCUT2D eigenvalue weighted by atomic mass is 9.79.